The van der Waals surface area contributed by atoms with Gasteiger partial charge in [-0.15, -0.1) is 0 Å². The van der Waals surface area contributed by atoms with Gasteiger partial charge < -0.3 is 11.1 Å². The topological polar surface area (TPSA) is 110 Å². The number of nitrogens with zero attached hydrogens (tertiary/aromatic N) is 3. The quantitative estimate of drug-likeness (QED) is 0.629. The molecule has 4 rings (SSSR count). The van der Waals surface area contributed by atoms with Gasteiger partial charge in [-0.3, -0.25) is 14.8 Å². The lowest BCUT2D eigenvalue weighted by molar-refractivity contribution is 0.0984. The van der Waals surface area contributed by atoms with Crippen molar-refractivity contribution in [1.29, 1.82) is 5.41 Å². The second kappa shape index (κ2) is 4.14. The summed E-state index contributed by atoms with van der Waals surface area (Å²) in [7, 11) is 0. The molecule has 7 heteroatoms. The zero-order valence-electron chi connectivity index (χ0n) is 11.7. The normalized spacial score (nSPS) is 13.5. The Kier molecular flexibility index (Phi) is 2.35. The first kappa shape index (κ1) is 12.5. The Morgan fingerprint density at radius 3 is 2.68 bits per heavy atom. The van der Waals surface area contributed by atoms with Gasteiger partial charge in [0.2, 0.25) is 0 Å². The van der Waals surface area contributed by atoms with Crippen LogP contribution in [-0.4, -0.2) is 26.3 Å². The van der Waals surface area contributed by atoms with Crippen molar-refractivity contribution in [2.75, 3.05) is 5.73 Å². The first-order valence-corrected chi connectivity index (χ1v) is 6.70. The Hall–Kier alpha value is -3.22. The lowest BCUT2D eigenvalue weighted by Gasteiger charge is -2.06. The number of nitrogen functional groups attached to an aromatic ring is 1. The molecule has 1 aliphatic heterocycles. The van der Waals surface area contributed by atoms with Crippen molar-refractivity contribution in [3.05, 3.63) is 47.3 Å². The first-order chi connectivity index (χ1) is 10.6. The van der Waals surface area contributed by atoms with Crippen molar-refractivity contribution in [3.8, 4) is 5.69 Å². The third-order valence-corrected chi connectivity index (χ3v) is 3.74. The minimum Gasteiger partial charge on any atom is -0.383 e. The SMILES string of the molecule is Cc1ccc(-n2cnc3c4c(c(N)nc32)C(=O)NC4=N)cc1. The van der Waals surface area contributed by atoms with Crippen LogP contribution in [-0.2, 0) is 0 Å². The maximum Gasteiger partial charge on any atom is 0.261 e. The van der Waals surface area contributed by atoms with Gasteiger partial charge in [0.05, 0.1) is 11.1 Å². The summed E-state index contributed by atoms with van der Waals surface area (Å²) in [6, 6.07) is 7.89. The van der Waals surface area contributed by atoms with Crippen molar-refractivity contribution in [3.63, 3.8) is 0 Å². The Morgan fingerprint density at radius 2 is 1.95 bits per heavy atom. The minimum absolute atomic E-state index is 0.00764. The molecule has 3 heterocycles. The van der Waals surface area contributed by atoms with Gasteiger partial charge in [0, 0.05) is 5.69 Å². The molecule has 4 N–H and O–H groups in total. The summed E-state index contributed by atoms with van der Waals surface area (Å²) in [5.74, 6) is -0.291. The molecule has 22 heavy (non-hydrogen) atoms. The van der Waals surface area contributed by atoms with Gasteiger partial charge in [-0.2, -0.15) is 0 Å². The average Bonchev–Trinajstić information content (AvgIpc) is 3.01. The lowest BCUT2D eigenvalue weighted by atomic mass is 10.1. The number of imidazole rings is 1. The molecule has 1 amide bonds. The Bertz CT molecular complexity index is 954. The number of amidine groups is 1. The number of aromatic nitrogens is 3. The average molecular weight is 292 g/mol. The monoisotopic (exact) mass is 292 g/mol. The van der Waals surface area contributed by atoms with Gasteiger partial charge >= 0.3 is 0 Å². The number of amides is 1. The maximum absolute atomic E-state index is 11.8. The molecule has 0 saturated carbocycles. The number of fused-ring (bicyclic) bond motifs is 3. The summed E-state index contributed by atoms with van der Waals surface area (Å²) in [6.45, 7) is 2.01. The lowest BCUT2D eigenvalue weighted by Crippen LogP contribution is -2.20. The van der Waals surface area contributed by atoms with E-state index in [2.05, 4.69) is 15.3 Å². The fourth-order valence-corrected chi connectivity index (χ4v) is 2.65. The first-order valence-electron chi connectivity index (χ1n) is 6.70. The molecule has 0 atom stereocenters. The van der Waals surface area contributed by atoms with Crippen molar-refractivity contribution in [1.82, 2.24) is 19.9 Å². The van der Waals surface area contributed by atoms with Crippen LogP contribution in [0.25, 0.3) is 16.9 Å². The molecule has 3 aromatic rings. The summed E-state index contributed by atoms with van der Waals surface area (Å²) in [6.07, 6.45) is 1.62. The predicted molar refractivity (Wildman–Crippen MR) is 82.3 cm³/mol. The number of hydrogen-bond donors (Lipinski definition) is 3. The van der Waals surface area contributed by atoms with Gasteiger partial charge in [0.1, 0.15) is 23.5 Å². The molecule has 7 nitrogen and oxygen atoms in total. The summed E-state index contributed by atoms with van der Waals surface area (Å²) in [4.78, 5) is 20.5. The Labute approximate surface area is 125 Å². The second-order valence-corrected chi connectivity index (χ2v) is 5.20. The van der Waals surface area contributed by atoms with E-state index in [1.807, 2.05) is 31.2 Å². The van der Waals surface area contributed by atoms with E-state index >= 15 is 0 Å². The highest BCUT2D eigenvalue weighted by Gasteiger charge is 2.31. The standard InChI is InChI=1S/C15H12N6O/c1-7-2-4-8(5-3-7)21-6-18-11-9-10(13(17)19-14(11)21)15(22)20-12(9)16/h2-6H,1H3,(H2,17,19)(H2,16,20,22). The highest BCUT2D eigenvalue weighted by atomic mass is 16.2. The molecule has 2 aromatic heterocycles. The molecule has 0 bridgehead atoms. The van der Waals surface area contributed by atoms with E-state index < -0.39 is 5.91 Å². The Morgan fingerprint density at radius 1 is 1.23 bits per heavy atom. The van der Waals surface area contributed by atoms with E-state index in [4.69, 9.17) is 11.1 Å². The predicted octanol–water partition coefficient (Wildman–Crippen LogP) is 1.38. The van der Waals surface area contributed by atoms with E-state index in [-0.39, 0.29) is 17.2 Å². The molecule has 0 spiro atoms. The number of carbonyl (C=O) groups is 1. The van der Waals surface area contributed by atoms with Gasteiger partial charge in [0.15, 0.2) is 5.65 Å². The van der Waals surface area contributed by atoms with Crippen molar-refractivity contribution in [2.24, 2.45) is 0 Å². The van der Waals surface area contributed by atoms with Crippen LogP contribution in [0.15, 0.2) is 30.6 Å². The molecule has 0 fully saturated rings. The highest BCUT2D eigenvalue weighted by molar-refractivity contribution is 6.28. The fraction of sp³-hybridized carbons (Fsp3) is 0.0667. The third-order valence-electron chi connectivity index (χ3n) is 3.74. The molecular weight excluding hydrogens is 280 g/mol. The van der Waals surface area contributed by atoms with Crippen LogP contribution >= 0.6 is 0 Å². The van der Waals surface area contributed by atoms with E-state index in [0.29, 0.717) is 16.7 Å². The molecule has 0 unspecified atom stereocenters. The highest BCUT2D eigenvalue weighted by Crippen LogP contribution is 2.29. The number of pyridine rings is 1. The summed E-state index contributed by atoms with van der Waals surface area (Å²) in [5, 5.41) is 10.4. The van der Waals surface area contributed by atoms with E-state index in [1.165, 1.54) is 0 Å². The van der Waals surface area contributed by atoms with Crippen molar-refractivity contribution in [2.45, 2.75) is 6.92 Å². The van der Waals surface area contributed by atoms with Gasteiger partial charge in [0.25, 0.3) is 5.91 Å². The summed E-state index contributed by atoms with van der Waals surface area (Å²) in [5.41, 5.74) is 9.62. The van der Waals surface area contributed by atoms with E-state index in [1.54, 1.807) is 10.9 Å². The zero-order valence-corrected chi connectivity index (χ0v) is 11.7. The summed E-state index contributed by atoms with van der Waals surface area (Å²) < 4.78 is 1.79. The van der Waals surface area contributed by atoms with E-state index in [0.717, 1.165) is 11.3 Å². The number of benzene rings is 1. The van der Waals surface area contributed by atoms with Gasteiger partial charge in [-0.25, -0.2) is 9.97 Å². The van der Waals surface area contributed by atoms with Crippen LogP contribution in [0, 0.1) is 12.3 Å². The van der Waals surface area contributed by atoms with Gasteiger partial charge in [-0.05, 0) is 19.1 Å². The van der Waals surface area contributed by atoms with Crippen LogP contribution in [0.4, 0.5) is 5.82 Å². The largest absolute Gasteiger partial charge is 0.383 e. The van der Waals surface area contributed by atoms with Crippen LogP contribution < -0.4 is 11.1 Å². The number of carbonyl (C=O) groups excluding carboxylic acids is 1. The number of rotatable bonds is 1. The molecule has 1 aliphatic rings. The number of nitrogens with two attached hydrogens (primary N) is 1. The molecule has 108 valence electrons. The fourth-order valence-electron chi connectivity index (χ4n) is 2.65. The molecule has 0 saturated heterocycles. The molecule has 0 radical (unpaired) electrons. The minimum atomic E-state index is -0.406. The molecular formula is C15H12N6O. The zero-order chi connectivity index (χ0) is 15.4. The number of aryl methyl sites for hydroxylation is 1. The van der Waals surface area contributed by atoms with Crippen LogP contribution in [0.3, 0.4) is 0 Å². The van der Waals surface area contributed by atoms with Crippen LogP contribution in [0.1, 0.15) is 21.5 Å². The Balaban J connectivity index is 2.04. The maximum atomic E-state index is 11.8. The summed E-state index contributed by atoms with van der Waals surface area (Å²) >= 11 is 0. The number of anilines is 1. The molecule has 0 aliphatic carbocycles. The second-order valence-electron chi connectivity index (χ2n) is 5.20. The van der Waals surface area contributed by atoms with Crippen LogP contribution in [0.5, 0.6) is 0 Å². The number of nitrogens with one attached hydrogen (secondary N) is 2. The molecule has 1 aromatic carbocycles. The van der Waals surface area contributed by atoms with Crippen LogP contribution in [0.2, 0.25) is 0 Å². The van der Waals surface area contributed by atoms with E-state index in [9.17, 15) is 4.79 Å². The third kappa shape index (κ3) is 1.56. The number of hydrogen-bond acceptors (Lipinski definition) is 5. The van der Waals surface area contributed by atoms with Crippen molar-refractivity contribution >= 4 is 28.7 Å². The smallest absolute Gasteiger partial charge is 0.261 e. The van der Waals surface area contributed by atoms with Crippen molar-refractivity contribution < 1.29 is 4.79 Å². The van der Waals surface area contributed by atoms with Gasteiger partial charge in [-0.1, -0.05) is 17.7 Å².